The van der Waals surface area contributed by atoms with E-state index in [2.05, 4.69) is 5.43 Å². The number of nitrogens with zero attached hydrogens (tertiary/aromatic N) is 2. The fourth-order valence-corrected chi connectivity index (χ4v) is 1.66. The summed E-state index contributed by atoms with van der Waals surface area (Å²) in [4.78, 5) is 35.4. The normalized spacial score (nSPS) is 15.2. The second kappa shape index (κ2) is 4.87. The highest BCUT2D eigenvalue weighted by Gasteiger charge is 2.34. The van der Waals surface area contributed by atoms with Gasteiger partial charge in [-0.25, -0.2) is 9.80 Å². The Hall–Kier alpha value is -2.37. The molecular weight excluding hydrogens is 234 g/mol. The fourth-order valence-electron chi connectivity index (χ4n) is 1.66. The van der Waals surface area contributed by atoms with Crippen LogP contribution in [0.4, 0.5) is 4.79 Å². The van der Waals surface area contributed by atoms with E-state index in [1.165, 1.54) is 7.05 Å². The molecule has 4 amide bonds. The summed E-state index contributed by atoms with van der Waals surface area (Å²) in [6.07, 6.45) is 0.169. The van der Waals surface area contributed by atoms with Crippen LogP contribution in [0, 0.1) is 0 Å². The molecule has 1 aliphatic heterocycles. The molecule has 1 heterocycles. The van der Waals surface area contributed by atoms with Gasteiger partial charge >= 0.3 is 6.03 Å². The molecule has 1 fully saturated rings. The Bertz CT molecular complexity index is 487. The number of likely N-dealkylation sites (N-methyl/N-ethyl adjacent to an activating group) is 1. The molecule has 0 atom stereocenters. The van der Waals surface area contributed by atoms with Crippen molar-refractivity contribution in [3.8, 4) is 0 Å². The van der Waals surface area contributed by atoms with Crippen molar-refractivity contribution >= 4 is 17.8 Å². The number of benzene rings is 1. The Balaban J connectivity index is 1.93. The standard InChI is InChI=1S/C12H13N3O3/c1-14-11(17)8-15(12(14)18)13-10(16)7-9-5-3-2-4-6-9/h2-6H,7-8H2,1H3,(H,13,16). The van der Waals surface area contributed by atoms with Crippen molar-refractivity contribution in [3.05, 3.63) is 35.9 Å². The molecule has 0 saturated carbocycles. The second-order valence-corrected chi connectivity index (χ2v) is 4.02. The number of hydrogen-bond acceptors (Lipinski definition) is 3. The molecular formula is C12H13N3O3. The lowest BCUT2D eigenvalue weighted by Crippen LogP contribution is -2.44. The number of carbonyl (C=O) groups excluding carboxylic acids is 3. The summed E-state index contributed by atoms with van der Waals surface area (Å²) in [6.45, 7) is -0.115. The fraction of sp³-hybridized carbons (Fsp3) is 0.250. The van der Waals surface area contributed by atoms with Crippen LogP contribution >= 0.6 is 0 Å². The van der Waals surface area contributed by atoms with E-state index in [9.17, 15) is 14.4 Å². The molecule has 0 aliphatic carbocycles. The zero-order valence-corrected chi connectivity index (χ0v) is 9.92. The summed E-state index contributed by atoms with van der Waals surface area (Å²) in [6, 6.07) is 8.66. The SMILES string of the molecule is CN1C(=O)CN(NC(=O)Cc2ccccc2)C1=O. The lowest BCUT2D eigenvalue weighted by molar-refractivity contribution is -0.125. The average molecular weight is 247 g/mol. The molecule has 0 radical (unpaired) electrons. The van der Waals surface area contributed by atoms with Crippen molar-refractivity contribution in [3.63, 3.8) is 0 Å². The first-order valence-electron chi connectivity index (χ1n) is 5.49. The van der Waals surface area contributed by atoms with Gasteiger partial charge in [-0.3, -0.25) is 19.9 Å². The third-order valence-corrected chi connectivity index (χ3v) is 2.65. The van der Waals surface area contributed by atoms with Crippen molar-refractivity contribution in [1.29, 1.82) is 0 Å². The third kappa shape index (κ3) is 2.48. The van der Waals surface area contributed by atoms with Gasteiger partial charge in [-0.1, -0.05) is 30.3 Å². The minimum atomic E-state index is -0.513. The van der Waals surface area contributed by atoms with Crippen LogP contribution in [0.1, 0.15) is 5.56 Å². The van der Waals surface area contributed by atoms with E-state index in [1.54, 1.807) is 0 Å². The summed E-state index contributed by atoms with van der Waals surface area (Å²) in [5.41, 5.74) is 3.27. The van der Waals surface area contributed by atoms with Crippen molar-refractivity contribution in [2.24, 2.45) is 0 Å². The van der Waals surface area contributed by atoms with Crippen LogP contribution in [0.25, 0.3) is 0 Å². The van der Waals surface area contributed by atoms with E-state index in [0.717, 1.165) is 15.5 Å². The number of hydrazine groups is 1. The number of urea groups is 1. The van der Waals surface area contributed by atoms with E-state index in [0.29, 0.717) is 0 Å². The van der Waals surface area contributed by atoms with Crippen molar-refractivity contribution in [1.82, 2.24) is 15.3 Å². The van der Waals surface area contributed by atoms with Crippen LogP contribution in [0.5, 0.6) is 0 Å². The van der Waals surface area contributed by atoms with Gasteiger partial charge in [-0.05, 0) is 5.56 Å². The number of hydrogen-bond donors (Lipinski definition) is 1. The minimum absolute atomic E-state index is 0.115. The van der Waals surface area contributed by atoms with E-state index in [1.807, 2.05) is 30.3 Å². The van der Waals surface area contributed by atoms with Crippen molar-refractivity contribution < 1.29 is 14.4 Å². The van der Waals surface area contributed by atoms with E-state index < -0.39 is 6.03 Å². The maximum Gasteiger partial charge on any atom is 0.345 e. The summed E-state index contributed by atoms with van der Waals surface area (Å²) in [7, 11) is 1.38. The molecule has 0 unspecified atom stereocenters. The number of carbonyl (C=O) groups is 3. The third-order valence-electron chi connectivity index (χ3n) is 2.65. The predicted octanol–water partition coefficient (Wildman–Crippen LogP) is 0.154. The number of nitrogens with one attached hydrogen (secondary N) is 1. The van der Waals surface area contributed by atoms with E-state index >= 15 is 0 Å². The van der Waals surface area contributed by atoms with Crippen LogP contribution in [0.15, 0.2) is 30.3 Å². The van der Waals surface area contributed by atoms with Gasteiger partial charge in [0.2, 0.25) is 5.91 Å². The molecule has 1 aliphatic rings. The van der Waals surface area contributed by atoms with Gasteiger partial charge in [0, 0.05) is 7.05 Å². The van der Waals surface area contributed by atoms with Crippen LogP contribution in [0.3, 0.4) is 0 Å². The van der Waals surface area contributed by atoms with Crippen LogP contribution < -0.4 is 5.43 Å². The molecule has 6 nitrogen and oxygen atoms in total. The second-order valence-electron chi connectivity index (χ2n) is 4.02. The Morgan fingerprint density at radius 2 is 1.94 bits per heavy atom. The lowest BCUT2D eigenvalue weighted by Gasteiger charge is -2.15. The van der Waals surface area contributed by atoms with E-state index in [4.69, 9.17) is 0 Å². The van der Waals surface area contributed by atoms with Gasteiger partial charge in [0.15, 0.2) is 0 Å². The van der Waals surface area contributed by atoms with Crippen LogP contribution in [0.2, 0.25) is 0 Å². The van der Waals surface area contributed by atoms with Gasteiger partial charge in [0.05, 0.1) is 6.42 Å². The first-order valence-corrected chi connectivity index (χ1v) is 5.49. The Kier molecular flexibility index (Phi) is 3.27. The highest BCUT2D eigenvalue weighted by atomic mass is 16.2. The largest absolute Gasteiger partial charge is 0.345 e. The maximum absolute atomic E-state index is 11.7. The summed E-state index contributed by atoms with van der Waals surface area (Å²) in [5, 5.41) is 1.02. The molecule has 94 valence electrons. The lowest BCUT2D eigenvalue weighted by atomic mass is 10.1. The quantitative estimate of drug-likeness (QED) is 0.773. The van der Waals surface area contributed by atoms with Crippen LogP contribution in [-0.4, -0.2) is 41.3 Å². The minimum Gasteiger partial charge on any atom is -0.273 e. The van der Waals surface area contributed by atoms with Crippen molar-refractivity contribution in [2.75, 3.05) is 13.6 Å². The Labute approximate surface area is 104 Å². The molecule has 1 aromatic carbocycles. The monoisotopic (exact) mass is 247 g/mol. The molecule has 0 aromatic heterocycles. The van der Waals surface area contributed by atoms with E-state index in [-0.39, 0.29) is 24.8 Å². The zero-order valence-electron chi connectivity index (χ0n) is 9.92. The van der Waals surface area contributed by atoms with Gasteiger partial charge in [0.1, 0.15) is 6.54 Å². The number of imide groups is 1. The van der Waals surface area contributed by atoms with Crippen LogP contribution in [-0.2, 0) is 16.0 Å². The highest BCUT2D eigenvalue weighted by molar-refractivity contribution is 6.02. The zero-order chi connectivity index (χ0) is 13.1. The predicted molar refractivity (Wildman–Crippen MR) is 63.2 cm³/mol. The highest BCUT2D eigenvalue weighted by Crippen LogP contribution is 2.05. The molecule has 2 rings (SSSR count). The summed E-state index contributed by atoms with van der Waals surface area (Å²) in [5.74, 6) is -0.655. The smallest absolute Gasteiger partial charge is 0.273 e. The van der Waals surface area contributed by atoms with Crippen molar-refractivity contribution in [2.45, 2.75) is 6.42 Å². The molecule has 1 saturated heterocycles. The Morgan fingerprint density at radius 1 is 1.28 bits per heavy atom. The van der Waals surface area contributed by atoms with Gasteiger partial charge in [0.25, 0.3) is 5.91 Å². The molecule has 6 heteroatoms. The Morgan fingerprint density at radius 3 is 2.50 bits per heavy atom. The average Bonchev–Trinajstić information content (AvgIpc) is 2.58. The summed E-state index contributed by atoms with van der Waals surface area (Å²) >= 11 is 0. The number of rotatable bonds is 3. The first-order chi connectivity index (χ1) is 8.58. The molecule has 1 aromatic rings. The molecule has 0 spiro atoms. The molecule has 0 bridgehead atoms. The maximum atomic E-state index is 11.7. The first kappa shape index (κ1) is 12.1. The summed E-state index contributed by atoms with van der Waals surface area (Å²) < 4.78 is 0. The molecule has 1 N–H and O–H groups in total. The van der Waals surface area contributed by atoms with Gasteiger partial charge < -0.3 is 0 Å². The molecule has 18 heavy (non-hydrogen) atoms. The topological polar surface area (TPSA) is 69.7 Å². The number of amides is 4. The van der Waals surface area contributed by atoms with Gasteiger partial charge in [-0.2, -0.15) is 0 Å². The van der Waals surface area contributed by atoms with Gasteiger partial charge in [-0.15, -0.1) is 0 Å².